The van der Waals surface area contributed by atoms with Gasteiger partial charge in [-0.15, -0.1) is 29.3 Å². The molecule has 3 rings (SSSR count). The summed E-state index contributed by atoms with van der Waals surface area (Å²) in [5.41, 5.74) is 1.19. The molecule has 0 fully saturated rings. The van der Waals surface area contributed by atoms with E-state index in [1.165, 1.54) is 17.4 Å². The summed E-state index contributed by atoms with van der Waals surface area (Å²) in [5.74, 6) is -0.277. The van der Waals surface area contributed by atoms with Gasteiger partial charge in [-0.2, -0.15) is 5.10 Å². The van der Waals surface area contributed by atoms with E-state index in [-0.39, 0.29) is 5.82 Å². The fourth-order valence-corrected chi connectivity index (χ4v) is 3.41. The maximum Gasteiger partial charge on any atom is 0.206 e. The molecule has 0 bridgehead atoms. The van der Waals surface area contributed by atoms with Crippen molar-refractivity contribution in [3.8, 4) is 11.3 Å². The first-order valence-electron chi connectivity index (χ1n) is 6.94. The molecule has 6 heteroatoms. The minimum absolute atomic E-state index is 0.277. The molecule has 0 aliphatic rings. The highest BCUT2D eigenvalue weighted by molar-refractivity contribution is 7.11. The number of hydrogen-bond donors (Lipinski definition) is 0. The molecule has 3 aromatic rings. The van der Waals surface area contributed by atoms with Gasteiger partial charge in [-0.25, -0.2) is 9.07 Å². The summed E-state index contributed by atoms with van der Waals surface area (Å²) in [5, 5.41) is 8.35. The Bertz CT molecular complexity index is 889. The number of nitrogens with zero attached hydrogens (tertiary/aromatic N) is 3. The van der Waals surface area contributed by atoms with E-state index in [0.717, 1.165) is 4.88 Å². The Balaban J connectivity index is 2.12. The van der Waals surface area contributed by atoms with E-state index in [4.69, 9.17) is 0 Å². The average Bonchev–Trinajstić information content (AvgIpc) is 3.21. The smallest absolute Gasteiger partial charge is 0.206 e. The molecule has 1 aromatic carbocycles. The zero-order valence-electron chi connectivity index (χ0n) is 12.2. The predicted octanol–water partition coefficient (Wildman–Crippen LogP) is 4.39. The van der Waals surface area contributed by atoms with E-state index in [9.17, 15) is 4.39 Å². The Labute approximate surface area is 141 Å². The quantitative estimate of drug-likeness (QED) is 0.486. The lowest BCUT2D eigenvalue weighted by Gasteiger charge is -2.04. The molecule has 2 aromatic heterocycles. The number of aromatic nitrogens is 1. The van der Waals surface area contributed by atoms with Crippen LogP contribution in [0.3, 0.4) is 0 Å². The SMILES string of the molecule is C=CCN=c1scc(-c2ccccc2F)n1/N=C/c1cccs1. The molecule has 0 saturated carbocycles. The molecule has 0 N–H and O–H groups in total. The van der Waals surface area contributed by atoms with Gasteiger partial charge in [-0.05, 0) is 23.6 Å². The van der Waals surface area contributed by atoms with Crippen LogP contribution in [0.4, 0.5) is 4.39 Å². The van der Waals surface area contributed by atoms with Gasteiger partial charge in [0.2, 0.25) is 4.80 Å². The largest absolute Gasteiger partial charge is 0.253 e. The lowest BCUT2D eigenvalue weighted by Crippen LogP contribution is -2.12. The second-order valence-corrected chi connectivity index (χ2v) is 6.40. The van der Waals surface area contributed by atoms with E-state index in [0.29, 0.717) is 22.6 Å². The molecule has 2 heterocycles. The van der Waals surface area contributed by atoms with Gasteiger partial charge in [0.25, 0.3) is 0 Å². The van der Waals surface area contributed by atoms with Crippen molar-refractivity contribution >= 4 is 28.9 Å². The molecule has 0 unspecified atom stereocenters. The second-order valence-electron chi connectivity index (χ2n) is 4.58. The van der Waals surface area contributed by atoms with Crippen LogP contribution in [-0.2, 0) is 0 Å². The van der Waals surface area contributed by atoms with Crippen LogP contribution in [-0.4, -0.2) is 17.4 Å². The van der Waals surface area contributed by atoms with Crippen LogP contribution in [0.2, 0.25) is 0 Å². The minimum atomic E-state index is -0.277. The van der Waals surface area contributed by atoms with Gasteiger partial charge in [0, 0.05) is 15.8 Å². The summed E-state index contributed by atoms with van der Waals surface area (Å²) in [4.78, 5) is 6.16. The van der Waals surface area contributed by atoms with Gasteiger partial charge in [0.15, 0.2) is 0 Å². The van der Waals surface area contributed by atoms with Crippen molar-refractivity contribution in [2.75, 3.05) is 6.54 Å². The van der Waals surface area contributed by atoms with E-state index < -0.39 is 0 Å². The van der Waals surface area contributed by atoms with Gasteiger partial charge >= 0.3 is 0 Å². The number of thiophene rings is 1. The van der Waals surface area contributed by atoms with Crippen LogP contribution in [0.25, 0.3) is 11.3 Å². The Kier molecular flexibility index (Phi) is 4.95. The van der Waals surface area contributed by atoms with Crippen molar-refractivity contribution in [2.24, 2.45) is 10.1 Å². The molecular weight excluding hydrogens is 329 g/mol. The van der Waals surface area contributed by atoms with Crippen molar-refractivity contribution in [1.82, 2.24) is 4.68 Å². The first-order valence-corrected chi connectivity index (χ1v) is 8.70. The molecule has 0 aliphatic carbocycles. The first kappa shape index (κ1) is 15.6. The van der Waals surface area contributed by atoms with Gasteiger partial charge in [-0.3, -0.25) is 4.99 Å². The summed E-state index contributed by atoms with van der Waals surface area (Å²) in [7, 11) is 0. The summed E-state index contributed by atoms with van der Waals surface area (Å²) in [6.45, 7) is 4.17. The molecule has 0 spiro atoms. The minimum Gasteiger partial charge on any atom is -0.253 e. The number of hydrogen-bond acceptors (Lipinski definition) is 4. The zero-order chi connectivity index (χ0) is 16.1. The van der Waals surface area contributed by atoms with Gasteiger partial charge in [0.1, 0.15) is 5.82 Å². The van der Waals surface area contributed by atoms with E-state index >= 15 is 0 Å². The summed E-state index contributed by atoms with van der Waals surface area (Å²) in [6, 6.07) is 10.6. The first-order chi connectivity index (χ1) is 11.3. The third-order valence-corrected chi connectivity index (χ3v) is 4.70. The average molecular weight is 343 g/mol. The highest BCUT2D eigenvalue weighted by Gasteiger charge is 2.11. The van der Waals surface area contributed by atoms with Crippen molar-refractivity contribution < 1.29 is 4.39 Å². The maximum atomic E-state index is 14.1. The molecule has 0 saturated heterocycles. The Morgan fingerprint density at radius 2 is 2.04 bits per heavy atom. The highest BCUT2D eigenvalue weighted by atomic mass is 32.1. The number of benzene rings is 1. The predicted molar refractivity (Wildman–Crippen MR) is 95.6 cm³/mol. The fourth-order valence-electron chi connectivity index (χ4n) is 2.00. The monoisotopic (exact) mass is 343 g/mol. The van der Waals surface area contributed by atoms with Crippen LogP contribution in [0.15, 0.2) is 69.9 Å². The molecular formula is C17H14FN3S2. The molecule has 116 valence electrons. The van der Waals surface area contributed by atoms with Crippen molar-refractivity contribution in [3.63, 3.8) is 0 Å². The normalized spacial score (nSPS) is 12.1. The Morgan fingerprint density at radius 3 is 2.78 bits per heavy atom. The standard InChI is InChI=1S/C17H14FN3S2/c1-2-9-19-17-21(20-11-13-6-5-10-22-13)16(12-23-17)14-7-3-4-8-15(14)18/h2-8,10-12H,1,9H2/b19-17?,20-11+. The van der Waals surface area contributed by atoms with Crippen molar-refractivity contribution in [2.45, 2.75) is 0 Å². The molecule has 0 atom stereocenters. The second kappa shape index (κ2) is 7.30. The van der Waals surface area contributed by atoms with Crippen LogP contribution in [0.1, 0.15) is 4.88 Å². The maximum absolute atomic E-state index is 14.1. The molecule has 0 radical (unpaired) electrons. The third kappa shape index (κ3) is 3.55. The van der Waals surface area contributed by atoms with Gasteiger partial charge in [-0.1, -0.05) is 24.3 Å². The lowest BCUT2D eigenvalue weighted by atomic mass is 10.1. The number of thiazole rings is 1. The highest BCUT2D eigenvalue weighted by Crippen LogP contribution is 2.23. The van der Waals surface area contributed by atoms with Gasteiger partial charge in [0.05, 0.1) is 18.5 Å². The van der Waals surface area contributed by atoms with Crippen molar-refractivity contribution in [1.29, 1.82) is 0 Å². The van der Waals surface area contributed by atoms with Crippen molar-refractivity contribution in [3.05, 3.63) is 75.3 Å². The van der Waals surface area contributed by atoms with Crippen LogP contribution >= 0.6 is 22.7 Å². The third-order valence-electron chi connectivity index (χ3n) is 3.03. The topological polar surface area (TPSA) is 29.6 Å². The Hall–Kier alpha value is -2.31. The van der Waals surface area contributed by atoms with E-state index in [1.54, 1.807) is 40.4 Å². The van der Waals surface area contributed by atoms with E-state index in [1.807, 2.05) is 29.0 Å². The molecule has 23 heavy (non-hydrogen) atoms. The zero-order valence-corrected chi connectivity index (χ0v) is 13.9. The van der Waals surface area contributed by atoms with Gasteiger partial charge < -0.3 is 0 Å². The Morgan fingerprint density at radius 1 is 1.17 bits per heavy atom. The lowest BCUT2D eigenvalue weighted by molar-refractivity contribution is 0.629. The van der Waals surface area contributed by atoms with Crippen LogP contribution < -0.4 is 4.80 Å². The van der Waals surface area contributed by atoms with Crippen LogP contribution in [0, 0.1) is 5.82 Å². The number of halogens is 1. The summed E-state index contributed by atoms with van der Waals surface area (Å²) < 4.78 is 15.8. The molecule has 0 amide bonds. The summed E-state index contributed by atoms with van der Waals surface area (Å²) >= 11 is 3.02. The molecule has 0 aliphatic heterocycles. The van der Waals surface area contributed by atoms with Crippen LogP contribution in [0.5, 0.6) is 0 Å². The molecule has 3 nitrogen and oxygen atoms in total. The summed E-state index contributed by atoms with van der Waals surface area (Å²) in [6.07, 6.45) is 3.48. The fraction of sp³-hybridized carbons (Fsp3) is 0.0588. The number of rotatable bonds is 5. The van der Waals surface area contributed by atoms with E-state index in [2.05, 4.69) is 16.7 Å².